The van der Waals surface area contributed by atoms with Gasteiger partial charge in [-0.3, -0.25) is 0 Å². The Morgan fingerprint density at radius 3 is 1.67 bits per heavy atom. The van der Waals surface area contributed by atoms with Crippen LogP contribution in [0.4, 0.5) is 11.4 Å². The van der Waals surface area contributed by atoms with Crippen molar-refractivity contribution in [2.45, 2.75) is 6.42 Å². The first kappa shape index (κ1) is 17.1. The highest BCUT2D eigenvalue weighted by atomic mass is 16.5. The van der Waals surface area contributed by atoms with E-state index in [1.54, 1.807) is 0 Å². The first-order valence-electron chi connectivity index (χ1n) is 10.4. The van der Waals surface area contributed by atoms with Gasteiger partial charge in [0, 0.05) is 6.54 Å². The maximum Gasteiger partial charge on any atom is 0.151 e. The van der Waals surface area contributed by atoms with Gasteiger partial charge in [-0.15, -0.1) is 0 Å². The molecule has 144 valence electrons. The van der Waals surface area contributed by atoms with Gasteiger partial charge in [-0.2, -0.15) is 0 Å². The van der Waals surface area contributed by atoms with E-state index in [0.29, 0.717) is 0 Å². The second-order valence-corrected chi connectivity index (χ2v) is 7.74. The van der Waals surface area contributed by atoms with Gasteiger partial charge in [-0.25, -0.2) is 0 Å². The first-order chi connectivity index (χ1) is 14.9. The maximum atomic E-state index is 6.16. The number of hydrogen-bond donors (Lipinski definition) is 0. The van der Waals surface area contributed by atoms with Gasteiger partial charge in [0.15, 0.2) is 11.5 Å². The van der Waals surface area contributed by atoms with Crippen LogP contribution in [0, 0.1) is 0 Å². The standard InChI is InChI=1S/C28H21NO/c1-3-11-22-20(9-1)19-21-10-2-4-12-23(21)24(22)17-18-29-25-13-5-7-15-27(25)30-28-16-8-6-14-26(28)29/h1-16,19H,17-18H2. The fourth-order valence-electron chi connectivity index (χ4n) is 4.62. The monoisotopic (exact) mass is 387 g/mol. The van der Waals surface area contributed by atoms with E-state index in [2.05, 4.69) is 83.8 Å². The molecule has 0 saturated heterocycles. The maximum absolute atomic E-state index is 6.16. The number of fused-ring (bicyclic) bond motifs is 4. The van der Waals surface area contributed by atoms with E-state index in [1.807, 2.05) is 24.3 Å². The Morgan fingerprint density at radius 1 is 0.567 bits per heavy atom. The van der Waals surface area contributed by atoms with Crippen molar-refractivity contribution in [3.63, 3.8) is 0 Å². The number of benzene rings is 5. The van der Waals surface area contributed by atoms with Crippen LogP contribution < -0.4 is 9.64 Å². The van der Waals surface area contributed by atoms with Crippen LogP contribution in [-0.4, -0.2) is 6.54 Å². The van der Waals surface area contributed by atoms with Crippen molar-refractivity contribution in [1.29, 1.82) is 0 Å². The van der Waals surface area contributed by atoms with Crippen LogP contribution in [-0.2, 0) is 6.42 Å². The van der Waals surface area contributed by atoms with Crippen LogP contribution in [0.1, 0.15) is 5.56 Å². The SMILES string of the molecule is c1ccc2c(c1)Oc1ccccc1N2CCc1c2ccccc2cc2ccccc12. The summed E-state index contributed by atoms with van der Waals surface area (Å²) < 4.78 is 6.16. The molecule has 1 aliphatic rings. The van der Waals surface area contributed by atoms with Crippen molar-refractivity contribution in [3.8, 4) is 11.5 Å². The number of rotatable bonds is 3. The Kier molecular flexibility index (Phi) is 3.95. The molecule has 2 nitrogen and oxygen atoms in total. The summed E-state index contributed by atoms with van der Waals surface area (Å²) in [6.07, 6.45) is 0.949. The second-order valence-electron chi connectivity index (χ2n) is 7.74. The Morgan fingerprint density at radius 2 is 1.07 bits per heavy atom. The smallest absolute Gasteiger partial charge is 0.151 e. The van der Waals surface area contributed by atoms with Crippen LogP contribution in [0.25, 0.3) is 21.5 Å². The molecule has 0 atom stereocenters. The molecule has 5 aromatic carbocycles. The van der Waals surface area contributed by atoms with Gasteiger partial charge in [0.2, 0.25) is 0 Å². The minimum atomic E-state index is 0.884. The molecule has 0 fully saturated rings. The normalized spacial score (nSPS) is 12.5. The third-order valence-electron chi connectivity index (χ3n) is 6.00. The zero-order chi connectivity index (χ0) is 19.9. The molecule has 0 amide bonds. The van der Waals surface area contributed by atoms with Gasteiger partial charge in [0.25, 0.3) is 0 Å². The lowest BCUT2D eigenvalue weighted by atomic mass is 9.94. The van der Waals surface area contributed by atoms with Crippen LogP contribution in [0.3, 0.4) is 0 Å². The second kappa shape index (κ2) is 6.93. The van der Waals surface area contributed by atoms with Crippen molar-refractivity contribution >= 4 is 32.9 Å². The average molecular weight is 387 g/mol. The van der Waals surface area contributed by atoms with E-state index in [9.17, 15) is 0 Å². The topological polar surface area (TPSA) is 12.5 Å². The third-order valence-corrected chi connectivity index (χ3v) is 6.00. The molecule has 6 rings (SSSR count). The Balaban J connectivity index is 1.47. The number of anilines is 2. The third kappa shape index (κ3) is 2.73. The minimum absolute atomic E-state index is 0.884. The molecule has 30 heavy (non-hydrogen) atoms. The van der Waals surface area contributed by atoms with Crippen LogP contribution in [0.2, 0.25) is 0 Å². The number of ether oxygens (including phenoxy) is 1. The fraction of sp³-hybridized carbons (Fsp3) is 0.0714. The summed E-state index contributed by atoms with van der Waals surface area (Å²) in [6, 6.07) is 36.3. The molecule has 0 aromatic heterocycles. The summed E-state index contributed by atoms with van der Waals surface area (Å²) in [5.74, 6) is 1.83. The predicted molar refractivity (Wildman–Crippen MR) is 125 cm³/mol. The quantitative estimate of drug-likeness (QED) is 0.298. The molecular weight excluding hydrogens is 366 g/mol. The first-order valence-corrected chi connectivity index (χ1v) is 10.4. The van der Waals surface area contributed by atoms with Gasteiger partial charge in [-0.1, -0.05) is 72.8 Å². The molecule has 1 heterocycles. The Labute approximate surface area is 176 Å². The fourth-order valence-corrected chi connectivity index (χ4v) is 4.62. The highest BCUT2D eigenvalue weighted by molar-refractivity contribution is 6.02. The lowest BCUT2D eigenvalue weighted by Gasteiger charge is -2.33. The molecule has 0 bridgehead atoms. The summed E-state index contributed by atoms with van der Waals surface area (Å²) in [6.45, 7) is 0.884. The van der Waals surface area contributed by atoms with Crippen LogP contribution in [0.5, 0.6) is 11.5 Å². The van der Waals surface area contributed by atoms with Crippen molar-refractivity contribution in [1.82, 2.24) is 0 Å². The molecular formula is C28H21NO. The zero-order valence-electron chi connectivity index (χ0n) is 16.6. The van der Waals surface area contributed by atoms with E-state index >= 15 is 0 Å². The number of nitrogens with zero attached hydrogens (tertiary/aromatic N) is 1. The molecule has 0 N–H and O–H groups in total. The Bertz CT molecular complexity index is 1290. The zero-order valence-corrected chi connectivity index (χ0v) is 16.6. The summed E-state index contributed by atoms with van der Waals surface area (Å²) >= 11 is 0. The molecule has 0 saturated carbocycles. The highest BCUT2D eigenvalue weighted by Crippen LogP contribution is 2.46. The average Bonchev–Trinajstić information content (AvgIpc) is 2.81. The summed E-state index contributed by atoms with van der Waals surface area (Å²) in [5, 5.41) is 5.28. The minimum Gasteiger partial charge on any atom is -0.453 e. The largest absolute Gasteiger partial charge is 0.453 e. The number of hydrogen-bond acceptors (Lipinski definition) is 2. The van der Waals surface area contributed by atoms with Crippen LogP contribution >= 0.6 is 0 Å². The summed E-state index contributed by atoms with van der Waals surface area (Å²) in [7, 11) is 0. The van der Waals surface area contributed by atoms with Crippen molar-refractivity contribution in [2.24, 2.45) is 0 Å². The van der Waals surface area contributed by atoms with Crippen molar-refractivity contribution in [3.05, 3.63) is 109 Å². The highest BCUT2D eigenvalue weighted by Gasteiger charge is 2.23. The van der Waals surface area contributed by atoms with Gasteiger partial charge < -0.3 is 9.64 Å². The van der Waals surface area contributed by atoms with Gasteiger partial charge >= 0.3 is 0 Å². The molecule has 5 aromatic rings. The molecule has 1 aliphatic heterocycles. The van der Waals surface area contributed by atoms with Gasteiger partial charge in [0.1, 0.15) is 0 Å². The predicted octanol–water partition coefficient (Wildman–Crippen LogP) is 7.48. The van der Waals surface area contributed by atoms with Gasteiger partial charge in [-0.05, 0) is 63.9 Å². The lowest BCUT2D eigenvalue weighted by Crippen LogP contribution is -2.23. The van der Waals surface area contributed by atoms with Gasteiger partial charge in [0.05, 0.1) is 11.4 Å². The molecule has 0 spiro atoms. The molecule has 0 radical (unpaired) electrons. The van der Waals surface area contributed by atoms with Crippen LogP contribution in [0.15, 0.2) is 103 Å². The van der Waals surface area contributed by atoms with E-state index in [-0.39, 0.29) is 0 Å². The number of para-hydroxylation sites is 4. The molecule has 0 unspecified atom stereocenters. The van der Waals surface area contributed by atoms with E-state index in [4.69, 9.17) is 4.74 Å². The Hall–Kier alpha value is -3.78. The van der Waals surface area contributed by atoms with E-state index in [0.717, 1.165) is 35.8 Å². The van der Waals surface area contributed by atoms with Crippen molar-refractivity contribution < 1.29 is 4.74 Å². The molecule has 2 heteroatoms. The summed E-state index contributed by atoms with van der Waals surface area (Å²) in [5.41, 5.74) is 3.66. The van der Waals surface area contributed by atoms with E-state index in [1.165, 1.54) is 27.1 Å². The lowest BCUT2D eigenvalue weighted by molar-refractivity contribution is 0.473. The summed E-state index contributed by atoms with van der Waals surface area (Å²) in [4.78, 5) is 2.39. The van der Waals surface area contributed by atoms with E-state index < -0.39 is 0 Å². The molecule has 0 aliphatic carbocycles. The van der Waals surface area contributed by atoms with Crippen molar-refractivity contribution in [2.75, 3.05) is 11.4 Å².